The third kappa shape index (κ3) is 3.01. The van der Waals surface area contributed by atoms with E-state index >= 15 is 0 Å². The summed E-state index contributed by atoms with van der Waals surface area (Å²) in [6.07, 6.45) is 0.551. The van der Waals surface area contributed by atoms with Crippen LogP contribution in [-0.4, -0.2) is 21.3 Å². The highest BCUT2D eigenvalue weighted by molar-refractivity contribution is 5.83. The van der Waals surface area contributed by atoms with E-state index in [1.165, 1.54) is 10.7 Å². The molecule has 0 fully saturated rings. The van der Waals surface area contributed by atoms with Gasteiger partial charge in [0.2, 0.25) is 0 Å². The van der Waals surface area contributed by atoms with Crippen LogP contribution in [0.25, 0.3) is 11.3 Å². The van der Waals surface area contributed by atoms with Crippen LogP contribution in [0.4, 0.5) is 8.78 Å². The van der Waals surface area contributed by atoms with Crippen LogP contribution in [0.3, 0.4) is 0 Å². The highest BCUT2D eigenvalue weighted by Gasteiger charge is 2.16. The summed E-state index contributed by atoms with van der Waals surface area (Å²) in [5.74, 6) is -1.93. The van der Waals surface area contributed by atoms with E-state index in [-0.39, 0.29) is 5.69 Å². The minimum atomic E-state index is -0.984. The first-order valence-electron chi connectivity index (χ1n) is 6.98. The Balaban J connectivity index is 2.04. The van der Waals surface area contributed by atoms with Gasteiger partial charge in [0.05, 0.1) is 12.2 Å². The summed E-state index contributed by atoms with van der Waals surface area (Å²) in [7, 11) is 0. The van der Waals surface area contributed by atoms with Crippen molar-refractivity contribution in [2.24, 2.45) is 0 Å². The van der Waals surface area contributed by atoms with Gasteiger partial charge in [-0.1, -0.05) is 35.0 Å². The van der Waals surface area contributed by atoms with Gasteiger partial charge in [-0.25, -0.2) is 13.5 Å². The zero-order chi connectivity index (χ0) is 16.4. The monoisotopic (exact) mass is 313 g/mol. The summed E-state index contributed by atoms with van der Waals surface area (Å²) in [5, 5.41) is 7.76. The molecule has 1 heterocycles. The number of aryl methyl sites for hydroxylation is 1. The van der Waals surface area contributed by atoms with Gasteiger partial charge in [0.15, 0.2) is 23.6 Å². The van der Waals surface area contributed by atoms with E-state index in [9.17, 15) is 13.6 Å². The summed E-state index contributed by atoms with van der Waals surface area (Å²) in [5.41, 5.74) is 2.88. The van der Waals surface area contributed by atoms with E-state index in [0.29, 0.717) is 24.1 Å². The molecular formula is C17H13F2N3O. The van der Waals surface area contributed by atoms with Crippen molar-refractivity contribution in [2.75, 3.05) is 0 Å². The zero-order valence-electron chi connectivity index (χ0n) is 12.3. The smallest absolute Gasteiger partial charge is 0.172 e. The summed E-state index contributed by atoms with van der Waals surface area (Å²) >= 11 is 0. The van der Waals surface area contributed by atoms with Gasteiger partial charge in [-0.15, -0.1) is 5.10 Å². The van der Waals surface area contributed by atoms with Gasteiger partial charge in [0.25, 0.3) is 0 Å². The van der Waals surface area contributed by atoms with Crippen molar-refractivity contribution in [3.05, 3.63) is 70.9 Å². The quantitative estimate of drug-likeness (QED) is 0.694. The number of benzene rings is 2. The molecule has 3 rings (SSSR count). The van der Waals surface area contributed by atoms with Crippen molar-refractivity contribution in [3.8, 4) is 11.3 Å². The molecule has 0 aliphatic heterocycles. The van der Waals surface area contributed by atoms with Crippen LogP contribution in [-0.2, 0) is 6.54 Å². The lowest BCUT2D eigenvalue weighted by atomic mass is 10.1. The highest BCUT2D eigenvalue weighted by atomic mass is 19.2. The number of aldehydes is 1. The summed E-state index contributed by atoms with van der Waals surface area (Å²) in [4.78, 5) is 11.2. The first-order chi connectivity index (χ1) is 11.1. The van der Waals surface area contributed by atoms with Gasteiger partial charge in [-0.2, -0.15) is 0 Å². The molecule has 0 aliphatic carbocycles. The van der Waals surface area contributed by atoms with Crippen LogP contribution in [0.15, 0.2) is 42.5 Å². The third-order valence-electron chi connectivity index (χ3n) is 3.52. The van der Waals surface area contributed by atoms with Crippen LogP contribution in [0.1, 0.15) is 21.6 Å². The number of hydrogen-bond donors (Lipinski definition) is 0. The van der Waals surface area contributed by atoms with E-state index in [2.05, 4.69) is 10.3 Å². The van der Waals surface area contributed by atoms with E-state index in [1.54, 1.807) is 0 Å². The summed E-state index contributed by atoms with van der Waals surface area (Å²) < 4.78 is 28.1. The normalized spacial score (nSPS) is 10.7. The fraction of sp³-hybridized carbons (Fsp3) is 0.118. The molecule has 116 valence electrons. The molecule has 0 saturated heterocycles. The first-order valence-corrected chi connectivity index (χ1v) is 6.98. The number of hydrogen-bond acceptors (Lipinski definition) is 3. The van der Waals surface area contributed by atoms with Crippen LogP contribution >= 0.6 is 0 Å². The molecule has 6 heteroatoms. The molecular weight excluding hydrogens is 300 g/mol. The fourth-order valence-electron chi connectivity index (χ4n) is 2.32. The van der Waals surface area contributed by atoms with Crippen LogP contribution < -0.4 is 0 Å². The van der Waals surface area contributed by atoms with Crippen molar-refractivity contribution >= 4 is 6.29 Å². The number of halogens is 2. The second-order valence-electron chi connectivity index (χ2n) is 5.21. The van der Waals surface area contributed by atoms with E-state index in [4.69, 9.17) is 0 Å². The lowest BCUT2D eigenvalue weighted by Gasteiger charge is -2.08. The average Bonchev–Trinajstić information content (AvgIpc) is 2.95. The first kappa shape index (κ1) is 15.0. The molecule has 0 saturated carbocycles. The molecule has 0 aliphatic rings. The van der Waals surface area contributed by atoms with Gasteiger partial charge in [-0.3, -0.25) is 4.79 Å². The fourth-order valence-corrected chi connectivity index (χ4v) is 2.32. The summed E-state index contributed by atoms with van der Waals surface area (Å²) in [6.45, 7) is 2.35. The molecule has 3 aromatic rings. The predicted molar refractivity (Wildman–Crippen MR) is 81.0 cm³/mol. The zero-order valence-corrected chi connectivity index (χ0v) is 12.3. The van der Waals surface area contributed by atoms with Crippen LogP contribution in [0.5, 0.6) is 0 Å². The molecule has 0 amide bonds. The Bertz CT molecular complexity index is 857. The van der Waals surface area contributed by atoms with Crippen molar-refractivity contribution in [2.45, 2.75) is 13.5 Å². The molecule has 4 nitrogen and oxygen atoms in total. The molecule has 0 radical (unpaired) electrons. The molecule has 0 N–H and O–H groups in total. The second-order valence-corrected chi connectivity index (χ2v) is 5.21. The number of rotatable bonds is 4. The molecule has 0 unspecified atom stereocenters. The minimum Gasteiger partial charge on any atom is -0.296 e. The SMILES string of the molecule is Cc1ccc(Cn2nnc(C=O)c2-c2ccc(F)c(F)c2)cc1. The van der Waals surface area contributed by atoms with Gasteiger partial charge in [-0.05, 0) is 30.7 Å². The molecule has 0 spiro atoms. The minimum absolute atomic E-state index is 0.0862. The van der Waals surface area contributed by atoms with E-state index in [0.717, 1.165) is 23.3 Å². The Morgan fingerprint density at radius 3 is 2.48 bits per heavy atom. The molecule has 0 atom stereocenters. The van der Waals surface area contributed by atoms with Crippen molar-refractivity contribution in [1.82, 2.24) is 15.0 Å². The van der Waals surface area contributed by atoms with Gasteiger partial charge in [0.1, 0.15) is 0 Å². The van der Waals surface area contributed by atoms with Crippen molar-refractivity contribution in [1.29, 1.82) is 0 Å². The number of carbonyl (C=O) groups is 1. The van der Waals surface area contributed by atoms with Gasteiger partial charge >= 0.3 is 0 Å². The van der Waals surface area contributed by atoms with Gasteiger partial charge < -0.3 is 0 Å². The third-order valence-corrected chi connectivity index (χ3v) is 3.52. The average molecular weight is 313 g/mol. The lowest BCUT2D eigenvalue weighted by molar-refractivity contribution is 0.111. The maximum absolute atomic E-state index is 13.5. The molecule has 1 aromatic heterocycles. The standard InChI is InChI=1S/C17H13F2N3O/c1-11-2-4-12(5-3-11)9-22-17(16(10-23)20-21-22)13-6-7-14(18)15(19)8-13/h2-8,10H,9H2,1H3. The molecule has 0 bridgehead atoms. The van der Waals surface area contributed by atoms with Crippen molar-refractivity contribution in [3.63, 3.8) is 0 Å². The molecule has 2 aromatic carbocycles. The van der Waals surface area contributed by atoms with Gasteiger partial charge in [0, 0.05) is 5.56 Å². The van der Waals surface area contributed by atoms with Crippen LogP contribution in [0.2, 0.25) is 0 Å². The molecule has 23 heavy (non-hydrogen) atoms. The topological polar surface area (TPSA) is 47.8 Å². The largest absolute Gasteiger partial charge is 0.296 e. The Morgan fingerprint density at radius 2 is 1.83 bits per heavy atom. The summed E-state index contributed by atoms with van der Waals surface area (Å²) in [6, 6.07) is 11.2. The lowest BCUT2D eigenvalue weighted by Crippen LogP contribution is -2.05. The Morgan fingerprint density at radius 1 is 1.09 bits per heavy atom. The Labute approximate surface area is 131 Å². The predicted octanol–water partition coefficient (Wildman–Crippen LogP) is 3.39. The van der Waals surface area contributed by atoms with E-state index in [1.807, 2.05) is 31.2 Å². The maximum atomic E-state index is 13.5. The highest BCUT2D eigenvalue weighted by Crippen LogP contribution is 2.24. The number of aromatic nitrogens is 3. The van der Waals surface area contributed by atoms with Crippen LogP contribution in [0, 0.1) is 18.6 Å². The van der Waals surface area contributed by atoms with E-state index < -0.39 is 11.6 Å². The van der Waals surface area contributed by atoms with Crippen molar-refractivity contribution < 1.29 is 13.6 Å². The maximum Gasteiger partial charge on any atom is 0.172 e. The number of nitrogens with zero attached hydrogens (tertiary/aromatic N) is 3. The Kier molecular flexibility index (Phi) is 3.97. The number of carbonyl (C=O) groups excluding carboxylic acids is 1. The second kappa shape index (κ2) is 6.08. The Hall–Kier alpha value is -2.89.